The van der Waals surface area contributed by atoms with Crippen LogP contribution in [0.5, 0.6) is 0 Å². The van der Waals surface area contributed by atoms with Gasteiger partial charge in [-0.05, 0) is 32.4 Å². The Kier molecular flexibility index (Phi) is 4.35. The Bertz CT molecular complexity index is 637. The number of halogens is 1. The highest BCUT2D eigenvalue weighted by Crippen LogP contribution is 2.23. The van der Waals surface area contributed by atoms with Gasteiger partial charge in [-0.3, -0.25) is 4.79 Å². The molecule has 112 valence electrons. The van der Waals surface area contributed by atoms with E-state index in [2.05, 4.69) is 10.1 Å². The summed E-state index contributed by atoms with van der Waals surface area (Å²) in [5, 5.41) is 3.80. The van der Waals surface area contributed by atoms with E-state index < -0.39 is 11.4 Å². The Balaban J connectivity index is 2.18. The standard InChI is InChI=1S/C15H17FN2O3/c1-4-20-14(19)15(2,3)13-17-12(18-21-13)9-10-7-5-6-8-11(10)16/h5-8H,4,9H2,1-3H3. The molecule has 0 atom stereocenters. The molecule has 2 rings (SSSR count). The van der Waals surface area contributed by atoms with Gasteiger partial charge in [-0.15, -0.1) is 0 Å². The number of benzene rings is 1. The molecule has 1 aromatic carbocycles. The van der Waals surface area contributed by atoms with Gasteiger partial charge in [0.1, 0.15) is 11.2 Å². The van der Waals surface area contributed by atoms with Crippen molar-refractivity contribution in [1.29, 1.82) is 0 Å². The van der Waals surface area contributed by atoms with Gasteiger partial charge in [0.25, 0.3) is 0 Å². The van der Waals surface area contributed by atoms with Crippen molar-refractivity contribution in [1.82, 2.24) is 10.1 Å². The van der Waals surface area contributed by atoms with E-state index in [-0.39, 0.29) is 24.7 Å². The number of carbonyl (C=O) groups excluding carboxylic acids is 1. The molecular formula is C15H17FN2O3. The molecule has 0 aliphatic heterocycles. The zero-order valence-electron chi connectivity index (χ0n) is 12.2. The van der Waals surface area contributed by atoms with Gasteiger partial charge in [-0.2, -0.15) is 4.98 Å². The normalized spacial score (nSPS) is 11.4. The van der Waals surface area contributed by atoms with Crippen LogP contribution in [0.1, 0.15) is 38.0 Å². The zero-order chi connectivity index (χ0) is 15.5. The van der Waals surface area contributed by atoms with E-state index in [9.17, 15) is 9.18 Å². The van der Waals surface area contributed by atoms with Crippen LogP contribution in [0.4, 0.5) is 4.39 Å². The van der Waals surface area contributed by atoms with Gasteiger partial charge in [0.2, 0.25) is 5.89 Å². The van der Waals surface area contributed by atoms with Crippen molar-refractivity contribution in [2.24, 2.45) is 0 Å². The molecule has 6 heteroatoms. The molecule has 0 saturated carbocycles. The fraction of sp³-hybridized carbons (Fsp3) is 0.400. The Morgan fingerprint density at radius 2 is 2.10 bits per heavy atom. The monoisotopic (exact) mass is 292 g/mol. The predicted octanol–water partition coefficient (Wildman–Crippen LogP) is 2.64. The van der Waals surface area contributed by atoms with Crippen LogP contribution in [0.15, 0.2) is 28.8 Å². The van der Waals surface area contributed by atoms with Crippen molar-refractivity contribution in [2.75, 3.05) is 6.61 Å². The summed E-state index contributed by atoms with van der Waals surface area (Å²) in [7, 11) is 0. The second-order valence-corrected chi connectivity index (χ2v) is 5.13. The highest BCUT2D eigenvalue weighted by molar-refractivity contribution is 5.80. The molecule has 0 saturated heterocycles. The van der Waals surface area contributed by atoms with E-state index in [0.29, 0.717) is 11.4 Å². The summed E-state index contributed by atoms with van der Waals surface area (Å²) < 4.78 is 23.7. The second kappa shape index (κ2) is 6.03. The number of esters is 1. The van der Waals surface area contributed by atoms with Gasteiger partial charge in [0.15, 0.2) is 5.82 Å². The quantitative estimate of drug-likeness (QED) is 0.793. The largest absolute Gasteiger partial charge is 0.465 e. The third-order valence-electron chi connectivity index (χ3n) is 3.09. The number of hydrogen-bond donors (Lipinski definition) is 0. The van der Waals surface area contributed by atoms with E-state index in [1.807, 2.05) is 0 Å². The molecule has 1 aromatic heterocycles. The minimum atomic E-state index is -1.03. The van der Waals surface area contributed by atoms with E-state index in [1.54, 1.807) is 39.0 Å². The average molecular weight is 292 g/mol. The summed E-state index contributed by atoms with van der Waals surface area (Å²) in [5.74, 6) is -0.278. The third kappa shape index (κ3) is 3.26. The molecule has 0 N–H and O–H groups in total. The molecule has 0 spiro atoms. The first-order valence-corrected chi connectivity index (χ1v) is 6.68. The van der Waals surface area contributed by atoms with Crippen LogP contribution in [0.25, 0.3) is 0 Å². The topological polar surface area (TPSA) is 65.2 Å². The lowest BCUT2D eigenvalue weighted by Crippen LogP contribution is -2.31. The van der Waals surface area contributed by atoms with Gasteiger partial charge < -0.3 is 9.26 Å². The fourth-order valence-electron chi connectivity index (χ4n) is 1.79. The number of hydrogen-bond acceptors (Lipinski definition) is 5. The Morgan fingerprint density at radius 3 is 2.76 bits per heavy atom. The van der Waals surface area contributed by atoms with Gasteiger partial charge >= 0.3 is 5.97 Å². The zero-order valence-corrected chi connectivity index (χ0v) is 12.2. The maximum atomic E-state index is 13.6. The van der Waals surface area contributed by atoms with Crippen molar-refractivity contribution in [3.8, 4) is 0 Å². The van der Waals surface area contributed by atoms with E-state index >= 15 is 0 Å². The maximum Gasteiger partial charge on any atom is 0.321 e. The molecular weight excluding hydrogens is 275 g/mol. The minimum Gasteiger partial charge on any atom is -0.465 e. The average Bonchev–Trinajstić information content (AvgIpc) is 2.91. The molecule has 0 fully saturated rings. The van der Waals surface area contributed by atoms with Crippen LogP contribution in [0.2, 0.25) is 0 Å². The molecule has 0 amide bonds. The third-order valence-corrected chi connectivity index (χ3v) is 3.09. The van der Waals surface area contributed by atoms with Gasteiger partial charge in [0.05, 0.1) is 6.61 Å². The number of carbonyl (C=O) groups is 1. The number of nitrogens with zero attached hydrogens (tertiary/aromatic N) is 2. The predicted molar refractivity (Wildman–Crippen MR) is 73.2 cm³/mol. The van der Waals surface area contributed by atoms with Crippen LogP contribution in [0, 0.1) is 5.82 Å². The molecule has 1 heterocycles. The smallest absolute Gasteiger partial charge is 0.321 e. The molecule has 2 aromatic rings. The molecule has 21 heavy (non-hydrogen) atoms. The molecule has 0 unspecified atom stereocenters. The highest BCUT2D eigenvalue weighted by atomic mass is 19.1. The van der Waals surface area contributed by atoms with Crippen LogP contribution in [0.3, 0.4) is 0 Å². The lowest BCUT2D eigenvalue weighted by Gasteiger charge is -2.16. The molecule has 0 aliphatic carbocycles. The summed E-state index contributed by atoms with van der Waals surface area (Å²) in [5.41, 5.74) is -0.560. The Morgan fingerprint density at radius 1 is 1.38 bits per heavy atom. The molecule has 0 aliphatic rings. The van der Waals surface area contributed by atoms with Crippen molar-refractivity contribution in [3.63, 3.8) is 0 Å². The van der Waals surface area contributed by atoms with E-state index in [4.69, 9.17) is 9.26 Å². The molecule has 0 radical (unpaired) electrons. The van der Waals surface area contributed by atoms with Crippen molar-refractivity contribution < 1.29 is 18.4 Å². The first-order chi connectivity index (χ1) is 9.95. The second-order valence-electron chi connectivity index (χ2n) is 5.13. The first-order valence-electron chi connectivity index (χ1n) is 6.68. The van der Waals surface area contributed by atoms with Crippen LogP contribution >= 0.6 is 0 Å². The lowest BCUT2D eigenvalue weighted by molar-refractivity contribution is -0.149. The van der Waals surface area contributed by atoms with Gasteiger partial charge in [0, 0.05) is 6.42 Å². The van der Waals surface area contributed by atoms with Crippen LogP contribution in [-0.2, 0) is 21.4 Å². The number of rotatable bonds is 5. The maximum absolute atomic E-state index is 13.6. The lowest BCUT2D eigenvalue weighted by atomic mass is 9.94. The molecule has 5 nitrogen and oxygen atoms in total. The summed E-state index contributed by atoms with van der Waals surface area (Å²) in [6, 6.07) is 6.38. The van der Waals surface area contributed by atoms with E-state index in [1.165, 1.54) is 6.07 Å². The summed E-state index contributed by atoms with van der Waals surface area (Å²) >= 11 is 0. The summed E-state index contributed by atoms with van der Waals surface area (Å²) in [6.45, 7) is 5.29. The van der Waals surface area contributed by atoms with Gasteiger partial charge in [-0.25, -0.2) is 4.39 Å². The van der Waals surface area contributed by atoms with Crippen molar-refractivity contribution in [3.05, 3.63) is 47.4 Å². The van der Waals surface area contributed by atoms with Crippen LogP contribution in [-0.4, -0.2) is 22.7 Å². The number of ether oxygens (including phenoxy) is 1. The van der Waals surface area contributed by atoms with Crippen molar-refractivity contribution in [2.45, 2.75) is 32.6 Å². The van der Waals surface area contributed by atoms with Crippen LogP contribution < -0.4 is 0 Å². The summed E-state index contributed by atoms with van der Waals surface area (Å²) in [4.78, 5) is 16.1. The van der Waals surface area contributed by atoms with Crippen molar-refractivity contribution >= 4 is 5.97 Å². The Labute approximate surface area is 122 Å². The Hall–Kier alpha value is -2.24. The summed E-state index contributed by atoms with van der Waals surface area (Å²) in [6.07, 6.45) is 0.203. The number of aromatic nitrogens is 2. The minimum absolute atomic E-state index is 0.160. The van der Waals surface area contributed by atoms with Gasteiger partial charge in [-0.1, -0.05) is 23.4 Å². The molecule has 0 bridgehead atoms. The first kappa shape index (κ1) is 15.2. The van der Waals surface area contributed by atoms with E-state index in [0.717, 1.165) is 0 Å². The highest BCUT2D eigenvalue weighted by Gasteiger charge is 2.37. The fourth-order valence-corrected chi connectivity index (χ4v) is 1.79. The SMILES string of the molecule is CCOC(=O)C(C)(C)c1nc(Cc2ccccc2F)no1.